The summed E-state index contributed by atoms with van der Waals surface area (Å²) < 4.78 is 0. The maximum Gasteiger partial charge on any atom is 0.146 e. The molecule has 1 aromatic rings. The van der Waals surface area contributed by atoms with Crippen molar-refractivity contribution in [3.8, 4) is 0 Å². The van der Waals surface area contributed by atoms with Gasteiger partial charge in [-0.25, -0.2) is 0 Å². The van der Waals surface area contributed by atoms with E-state index >= 15 is 0 Å². The van der Waals surface area contributed by atoms with Gasteiger partial charge in [0.15, 0.2) is 0 Å². The molecule has 0 amide bonds. The van der Waals surface area contributed by atoms with Crippen molar-refractivity contribution in [1.29, 1.82) is 0 Å². The van der Waals surface area contributed by atoms with Crippen molar-refractivity contribution in [3.63, 3.8) is 0 Å². The van der Waals surface area contributed by atoms with E-state index in [-0.39, 0.29) is 5.41 Å². The second-order valence-corrected chi connectivity index (χ2v) is 5.98. The fraction of sp³-hybridized carbons (Fsp3) is 0.562. The largest absolute Gasteiger partial charge is 0.397 e. The summed E-state index contributed by atoms with van der Waals surface area (Å²) in [6, 6.07) is 6.06. The van der Waals surface area contributed by atoms with Crippen LogP contribution < -0.4 is 11.1 Å². The molecule has 3 nitrogen and oxygen atoms in total. The zero-order valence-corrected chi connectivity index (χ0v) is 11.5. The monoisotopic (exact) mass is 258 g/mol. The van der Waals surface area contributed by atoms with Gasteiger partial charge in [-0.2, -0.15) is 0 Å². The van der Waals surface area contributed by atoms with Crippen molar-refractivity contribution in [2.45, 2.75) is 43.9 Å². The minimum Gasteiger partial charge on any atom is -0.397 e. The van der Waals surface area contributed by atoms with Crippen molar-refractivity contribution in [1.82, 2.24) is 0 Å². The van der Waals surface area contributed by atoms with E-state index in [1.807, 2.05) is 19.2 Å². The van der Waals surface area contributed by atoms with Gasteiger partial charge >= 0.3 is 0 Å². The van der Waals surface area contributed by atoms with Gasteiger partial charge in [0.05, 0.1) is 16.8 Å². The molecule has 2 aliphatic rings. The third-order valence-electron chi connectivity index (χ3n) is 4.82. The lowest BCUT2D eigenvalue weighted by atomic mass is 9.83. The van der Waals surface area contributed by atoms with Crippen LogP contribution in [-0.4, -0.2) is 12.8 Å². The Hall–Kier alpha value is -1.51. The average molecular weight is 258 g/mol. The number of hydrogen-bond acceptors (Lipinski definition) is 3. The second kappa shape index (κ2) is 4.55. The Bertz CT molecular complexity index is 499. The number of Topliss-reactive ketones (excluding diaryl/α,β-unsaturated/α-hetero) is 1. The molecule has 0 radical (unpaired) electrons. The number of anilines is 2. The zero-order valence-electron chi connectivity index (χ0n) is 11.5. The Kier molecular flexibility index (Phi) is 3.00. The van der Waals surface area contributed by atoms with E-state index in [4.69, 9.17) is 5.73 Å². The lowest BCUT2D eigenvalue weighted by molar-refractivity contribution is -0.125. The first-order valence-electron chi connectivity index (χ1n) is 7.29. The Morgan fingerprint density at radius 3 is 2.53 bits per heavy atom. The molecule has 2 fully saturated rings. The van der Waals surface area contributed by atoms with E-state index in [2.05, 4.69) is 11.4 Å². The van der Waals surface area contributed by atoms with Gasteiger partial charge in [0, 0.05) is 13.0 Å². The number of nitrogen functional groups attached to an aromatic ring is 1. The SMILES string of the molecule is CNc1ccc(C2(C(=O)C3CCCC3)CC2)cc1N. The highest BCUT2D eigenvalue weighted by Gasteiger charge is 2.53. The number of nitrogens with two attached hydrogens (primary N) is 1. The van der Waals surface area contributed by atoms with Gasteiger partial charge in [-0.3, -0.25) is 4.79 Å². The Morgan fingerprint density at radius 1 is 1.32 bits per heavy atom. The summed E-state index contributed by atoms with van der Waals surface area (Å²) in [6.07, 6.45) is 6.61. The van der Waals surface area contributed by atoms with Crippen LogP contribution in [0.15, 0.2) is 18.2 Å². The minimum atomic E-state index is -0.199. The molecule has 0 saturated heterocycles. The molecule has 0 bridgehead atoms. The van der Waals surface area contributed by atoms with Gasteiger partial charge in [0.1, 0.15) is 5.78 Å². The quantitative estimate of drug-likeness (QED) is 0.816. The topological polar surface area (TPSA) is 55.1 Å². The molecule has 0 heterocycles. The summed E-state index contributed by atoms with van der Waals surface area (Å²) in [5.74, 6) is 0.773. The summed E-state index contributed by atoms with van der Waals surface area (Å²) in [5.41, 5.74) is 8.64. The summed E-state index contributed by atoms with van der Waals surface area (Å²) >= 11 is 0. The molecule has 3 heteroatoms. The first-order chi connectivity index (χ1) is 9.17. The van der Waals surface area contributed by atoms with E-state index < -0.39 is 0 Å². The number of hydrogen-bond donors (Lipinski definition) is 2. The van der Waals surface area contributed by atoms with Crippen molar-refractivity contribution in [3.05, 3.63) is 23.8 Å². The van der Waals surface area contributed by atoms with E-state index in [0.717, 1.165) is 42.6 Å². The minimum absolute atomic E-state index is 0.199. The lowest BCUT2D eigenvalue weighted by Gasteiger charge is -2.20. The van der Waals surface area contributed by atoms with Crippen LogP contribution in [0.5, 0.6) is 0 Å². The third kappa shape index (κ3) is 2.01. The number of ketones is 1. The van der Waals surface area contributed by atoms with E-state index in [1.54, 1.807) is 0 Å². The van der Waals surface area contributed by atoms with Crippen LogP contribution in [0.3, 0.4) is 0 Å². The van der Waals surface area contributed by atoms with Gasteiger partial charge in [-0.1, -0.05) is 18.9 Å². The Labute approximate surface area is 114 Å². The maximum atomic E-state index is 12.7. The molecule has 2 aliphatic carbocycles. The van der Waals surface area contributed by atoms with Crippen LogP contribution in [-0.2, 0) is 10.2 Å². The van der Waals surface area contributed by atoms with E-state index in [1.165, 1.54) is 12.8 Å². The first-order valence-corrected chi connectivity index (χ1v) is 7.29. The highest BCUT2D eigenvalue weighted by atomic mass is 16.1. The van der Waals surface area contributed by atoms with Gasteiger partial charge in [0.25, 0.3) is 0 Å². The molecule has 0 spiro atoms. The number of nitrogens with one attached hydrogen (secondary N) is 1. The van der Waals surface area contributed by atoms with E-state index in [0.29, 0.717) is 11.7 Å². The second-order valence-electron chi connectivity index (χ2n) is 5.98. The predicted molar refractivity (Wildman–Crippen MR) is 78.3 cm³/mol. The standard InChI is InChI=1S/C16H22N2O/c1-18-14-7-6-12(10-13(14)17)16(8-9-16)15(19)11-4-2-3-5-11/h6-7,10-11,18H,2-5,8-9,17H2,1H3. The molecule has 102 valence electrons. The van der Waals surface area contributed by atoms with Gasteiger partial charge in [-0.15, -0.1) is 0 Å². The molecule has 0 aromatic heterocycles. The van der Waals surface area contributed by atoms with Gasteiger partial charge in [-0.05, 0) is 43.4 Å². The predicted octanol–water partition coefficient (Wildman–Crippen LogP) is 3.10. The average Bonchev–Trinajstić information content (AvgIpc) is 3.05. The Balaban J connectivity index is 1.88. The number of rotatable bonds is 4. The smallest absolute Gasteiger partial charge is 0.146 e. The fourth-order valence-electron chi connectivity index (χ4n) is 3.47. The molecule has 0 aliphatic heterocycles. The molecule has 2 saturated carbocycles. The van der Waals surface area contributed by atoms with Crippen LogP contribution in [0.25, 0.3) is 0 Å². The molecule has 1 aromatic carbocycles. The maximum absolute atomic E-state index is 12.7. The molecular formula is C16H22N2O. The van der Waals surface area contributed by atoms with Crippen molar-refractivity contribution >= 4 is 17.2 Å². The Morgan fingerprint density at radius 2 is 2.00 bits per heavy atom. The summed E-state index contributed by atoms with van der Waals surface area (Å²) in [7, 11) is 1.86. The number of benzene rings is 1. The summed E-state index contributed by atoms with van der Waals surface area (Å²) in [4.78, 5) is 12.7. The highest BCUT2D eigenvalue weighted by molar-refractivity contribution is 5.95. The summed E-state index contributed by atoms with van der Waals surface area (Å²) in [6.45, 7) is 0. The van der Waals surface area contributed by atoms with Crippen LogP contribution in [0.2, 0.25) is 0 Å². The summed E-state index contributed by atoms with van der Waals surface area (Å²) in [5, 5.41) is 3.07. The van der Waals surface area contributed by atoms with Crippen LogP contribution in [0, 0.1) is 5.92 Å². The van der Waals surface area contributed by atoms with Crippen molar-refractivity contribution in [2.24, 2.45) is 5.92 Å². The zero-order chi connectivity index (χ0) is 13.5. The number of carbonyl (C=O) groups is 1. The van der Waals surface area contributed by atoms with Gasteiger partial charge < -0.3 is 11.1 Å². The first kappa shape index (κ1) is 12.5. The molecule has 19 heavy (non-hydrogen) atoms. The van der Waals surface area contributed by atoms with Crippen molar-refractivity contribution < 1.29 is 4.79 Å². The molecule has 0 atom stereocenters. The fourth-order valence-corrected chi connectivity index (χ4v) is 3.47. The van der Waals surface area contributed by atoms with E-state index in [9.17, 15) is 4.79 Å². The van der Waals surface area contributed by atoms with Crippen LogP contribution in [0.4, 0.5) is 11.4 Å². The molecule has 0 unspecified atom stereocenters. The molecule has 3 rings (SSSR count). The lowest BCUT2D eigenvalue weighted by Crippen LogP contribution is -2.27. The molecule has 3 N–H and O–H groups in total. The third-order valence-corrected chi connectivity index (χ3v) is 4.82. The van der Waals surface area contributed by atoms with Crippen molar-refractivity contribution in [2.75, 3.05) is 18.1 Å². The van der Waals surface area contributed by atoms with Gasteiger partial charge in [0.2, 0.25) is 0 Å². The molecular weight excluding hydrogens is 236 g/mol. The van der Waals surface area contributed by atoms with Crippen LogP contribution >= 0.6 is 0 Å². The van der Waals surface area contributed by atoms with Crippen LogP contribution in [0.1, 0.15) is 44.1 Å². The highest BCUT2D eigenvalue weighted by Crippen LogP contribution is 2.52. The number of carbonyl (C=O) groups excluding carboxylic acids is 1. The normalized spacial score (nSPS) is 21.3.